The molecule has 0 aliphatic heterocycles. The summed E-state index contributed by atoms with van der Waals surface area (Å²) in [5.41, 5.74) is 9.60. The van der Waals surface area contributed by atoms with E-state index < -0.39 is 0 Å². The first-order chi connectivity index (χ1) is 15.9. The maximum Gasteiger partial charge on any atom is 0.0322 e. The molecule has 2 aliphatic carbocycles. The van der Waals surface area contributed by atoms with Crippen LogP contribution in [0, 0.1) is 17.8 Å². The van der Waals surface area contributed by atoms with Gasteiger partial charge in [0, 0.05) is 23.3 Å². The zero-order valence-corrected chi connectivity index (χ0v) is 17.9. The normalized spacial score (nSPS) is 20.4. The van der Waals surface area contributed by atoms with Gasteiger partial charge in [0.2, 0.25) is 0 Å². The van der Waals surface area contributed by atoms with Crippen LogP contribution in [0.2, 0.25) is 0 Å². The van der Waals surface area contributed by atoms with Crippen molar-refractivity contribution in [1.82, 2.24) is 0 Å². The number of hydrogen-bond donors (Lipinski definition) is 0. The van der Waals surface area contributed by atoms with Gasteiger partial charge in [-0.1, -0.05) is 115 Å². The standard InChI is InChI=1S/C32H24/c1-4-12-23(13-5-1)20-21-26-22-29-27-18-10-11-19-28(27)31(26)32(29)30(24-14-6-2-7-15-24)25-16-8-3-9-17-25/h1-19,26,29,31H,22H2. The van der Waals surface area contributed by atoms with Gasteiger partial charge in [-0.15, -0.1) is 0 Å². The van der Waals surface area contributed by atoms with Crippen LogP contribution in [0.4, 0.5) is 0 Å². The molecule has 32 heavy (non-hydrogen) atoms. The maximum absolute atomic E-state index is 3.67. The van der Waals surface area contributed by atoms with Crippen LogP contribution < -0.4 is 0 Å². The summed E-state index contributed by atoms with van der Waals surface area (Å²) < 4.78 is 0. The van der Waals surface area contributed by atoms with Crippen molar-refractivity contribution >= 4 is 5.57 Å². The van der Waals surface area contributed by atoms with Gasteiger partial charge in [0.25, 0.3) is 0 Å². The highest BCUT2D eigenvalue weighted by Crippen LogP contribution is 2.62. The lowest BCUT2D eigenvalue weighted by atomic mass is 9.83. The topological polar surface area (TPSA) is 0 Å². The molecule has 0 radical (unpaired) electrons. The molecule has 1 fully saturated rings. The van der Waals surface area contributed by atoms with Crippen LogP contribution in [-0.2, 0) is 0 Å². The fourth-order valence-electron chi connectivity index (χ4n) is 5.62. The summed E-state index contributed by atoms with van der Waals surface area (Å²) in [6.45, 7) is 0. The Balaban J connectivity index is 1.55. The Morgan fingerprint density at radius 3 is 1.75 bits per heavy atom. The first kappa shape index (κ1) is 18.9. The molecule has 0 aromatic heterocycles. The van der Waals surface area contributed by atoms with Crippen LogP contribution in [0.3, 0.4) is 0 Å². The summed E-state index contributed by atoms with van der Waals surface area (Å²) in [6, 6.07) is 41.2. The van der Waals surface area contributed by atoms with E-state index in [9.17, 15) is 0 Å². The largest absolute Gasteiger partial charge is 0.0935 e. The van der Waals surface area contributed by atoms with Crippen LogP contribution in [-0.4, -0.2) is 0 Å². The molecule has 152 valence electrons. The minimum Gasteiger partial charge on any atom is -0.0935 e. The van der Waals surface area contributed by atoms with Gasteiger partial charge in [0.05, 0.1) is 0 Å². The molecule has 3 unspecified atom stereocenters. The second-order valence-corrected chi connectivity index (χ2v) is 8.70. The molecular formula is C32H24. The molecule has 0 heterocycles. The van der Waals surface area contributed by atoms with Crippen LogP contribution >= 0.6 is 0 Å². The first-order valence-electron chi connectivity index (χ1n) is 11.4. The molecule has 4 aromatic rings. The quantitative estimate of drug-likeness (QED) is 0.302. The second-order valence-electron chi connectivity index (χ2n) is 8.70. The zero-order valence-electron chi connectivity index (χ0n) is 17.9. The van der Waals surface area contributed by atoms with Crippen molar-refractivity contribution in [3.05, 3.63) is 149 Å². The van der Waals surface area contributed by atoms with Gasteiger partial charge < -0.3 is 0 Å². The number of fused-ring (bicyclic) bond motifs is 5. The molecule has 0 amide bonds. The zero-order chi connectivity index (χ0) is 21.3. The highest BCUT2D eigenvalue weighted by Gasteiger charge is 2.48. The number of rotatable bonds is 2. The van der Waals surface area contributed by atoms with Gasteiger partial charge in [-0.2, -0.15) is 0 Å². The first-order valence-corrected chi connectivity index (χ1v) is 11.4. The molecule has 0 N–H and O–H groups in total. The third-order valence-electron chi connectivity index (χ3n) is 6.90. The molecule has 2 bridgehead atoms. The van der Waals surface area contributed by atoms with E-state index in [1.165, 1.54) is 27.8 Å². The van der Waals surface area contributed by atoms with Crippen molar-refractivity contribution in [3.63, 3.8) is 0 Å². The molecule has 0 nitrogen and oxygen atoms in total. The van der Waals surface area contributed by atoms with E-state index in [1.54, 1.807) is 5.57 Å². The van der Waals surface area contributed by atoms with E-state index in [0.717, 1.165) is 12.0 Å². The average Bonchev–Trinajstić information content (AvgIpc) is 3.38. The van der Waals surface area contributed by atoms with Crippen molar-refractivity contribution in [2.24, 2.45) is 5.92 Å². The molecule has 0 spiro atoms. The molecule has 4 aromatic carbocycles. The van der Waals surface area contributed by atoms with E-state index in [0.29, 0.717) is 17.8 Å². The van der Waals surface area contributed by atoms with E-state index in [-0.39, 0.29) is 0 Å². The Morgan fingerprint density at radius 2 is 1.12 bits per heavy atom. The highest BCUT2D eigenvalue weighted by molar-refractivity contribution is 5.86. The monoisotopic (exact) mass is 408 g/mol. The lowest BCUT2D eigenvalue weighted by Crippen LogP contribution is -2.09. The van der Waals surface area contributed by atoms with Gasteiger partial charge in [-0.05, 0) is 52.0 Å². The third-order valence-corrected chi connectivity index (χ3v) is 6.90. The molecule has 6 rings (SSSR count). The Kier molecular flexibility index (Phi) is 4.74. The van der Waals surface area contributed by atoms with Crippen molar-refractivity contribution in [3.8, 4) is 11.8 Å². The fourth-order valence-corrected chi connectivity index (χ4v) is 5.62. The lowest BCUT2D eigenvalue weighted by Gasteiger charge is -2.20. The summed E-state index contributed by atoms with van der Waals surface area (Å²) in [5.74, 6) is 8.26. The van der Waals surface area contributed by atoms with E-state index in [4.69, 9.17) is 0 Å². The van der Waals surface area contributed by atoms with Crippen LogP contribution in [0.1, 0.15) is 46.1 Å². The SMILES string of the molecule is C(#CC1CC2C(=C(c3ccccc3)c3ccccc3)C1c1ccccc12)c1ccccc1. The summed E-state index contributed by atoms with van der Waals surface area (Å²) in [4.78, 5) is 0. The predicted octanol–water partition coefficient (Wildman–Crippen LogP) is 7.44. The van der Waals surface area contributed by atoms with Gasteiger partial charge in [-0.25, -0.2) is 0 Å². The van der Waals surface area contributed by atoms with Crippen LogP contribution in [0.15, 0.2) is 121 Å². The minimum atomic E-state index is 0.340. The third kappa shape index (κ3) is 3.19. The van der Waals surface area contributed by atoms with Gasteiger partial charge in [0.15, 0.2) is 0 Å². The predicted molar refractivity (Wildman–Crippen MR) is 132 cm³/mol. The number of allylic oxidation sites excluding steroid dienone is 1. The number of hydrogen-bond acceptors (Lipinski definition) is 0. The molecule has 0 saturated heterocycles. The van der Waals surface area contributed by atoms with Crippen molar-refractivity contribution in [2.75, 3.05) is 0 Å². The Morgan fingerprint density at radius 1 is 0.594 bits per heavy atom. The Labute approximate surface area is 190 Å². The van der Waals surface area contributed by atoms with E-state index in [1.807, 2.05) is 6.07 Å². The summed E-state index contributed by atoms with van der Waals surface area (Å²) >= 11 is 0. The van der Waals surface area contributed by atoms with Crippen molar-refractivity contribution in [2.45, 2.75) is 18.3 Å². The van der Waals surface area contributed by atoms with Crippen molar-refractivity contribution in [1.29, 1.82) is 0 Å². The minimum absolute atomic E-state index is 0.340. The van der Waals surface area contributed by atoms with Gasteiger partial charge >= 0.3 is 0 Å². The Hall–Kier alpha value is -3.82. The fraction of sp³-hybridized carbons (Fsp3) is 0.125. The van der Waals surface area contributed by atoms with Crippen molar-refractivity contribution < 1.29 is 0 Å². The summed E-state index contributed by atoms with van der Waals surface area (Å²) in [7, 11) is 0. The summed E-state index contributed by atoms with van der Waals surface area (Å²) in [6.07, 6.45) is 1.10. The van der Waals surface area contributed by atoms with Crippen LogP contribution in [0.5, 0.6) is 0 Å². The van der Waals surface area contributed by atoms with Gasteiger partial charge in [-0.3, -0.25) is 0 Å². The Bertz CT molecular complexity index is 1290. The molecule has 0 heteroatoms. The molecule has 1 saturated carbocycles. The van der Waals surface area contributed by atoms with Crippen LogP contribution in [0.25, 0.3) is 5.57 Å². The van der Waals surface area contributed by atoms with E-state index >= 15 is 0 Å². The second kappa shape index (κ2) is 8.03. The lowest BCUT2D eigenvalue weighted by molar-refractivity contribution is 0.595. The molecule has 3 atom stereocenters. The smallest absolute Gasteiger partial charge is 0.0322 e. The maximum atomic E-state index is 3.67. The molecular weight excluding hydrogens is 384 g/mol. The molecule has 2 aliphatic rings. The number of benzene rings is 4. The summed E-state index contributed by atoms with van der Waals surface area (Å²) in [5, 5.41) is 0. The highest BCUT2D eigenvalue weighted by atomic mass is 14.5. The average molecular weight is 409 g/mol. The van der Waals surface area contributed by atoms with E-state index in [2.05, 4.69) is 121 Å². The van der Waals surface area contributed by atoms with Gasteiger partial charge in [0.1, 0.15) is 0 Å².